The van der Waals surface area contributed by atoms with Crippen LogP contribution in [0.25, 0.3) is 0 Å². The van der Waals surface area contributed by atoms with Crippen LogP contribution >= 0.6 is 0 Å². The van der Waals surface area contributed by atoms with E-state index in [-0.39, 0.29) is 12.2 Å². The van der Waals surface area contributed by atoms with Crippen LogP contribution in [0.15, 0.2) is 35.5 Å². The van der Waals surface area contributed by atoms with E-state index in [0.29, 0.717) is 12.2 Å². The molecule has 37 heavy (non-hydrogen) atoms. The van der Waals surface area contributed by atoms with Crippen molar-refractivity contribution in [3.8, 4) is 0 Å². The highest BCUT2D eigenvalue weighted by molar-refractivity contribution is 5.48. The molecule has 0 amide bonds. The van der Waals surface area contributed by atoms with Crippen LogP contribution in [0.2, 0.25) is 0 Å². The van der Waals surface area contributed by atoms with Crippen LogP contribution in [0, 0.1) is 11.8 Å². The van der Waals surface area contributed by atoms with Gasteiger partial charge >= 0.3 is 53.8 Å². The lowest BCUT2D eigenvalue weighted by molar-refractivity contribution is -0.460. The molecule has 0 radical (unpaired) electrons. The molecule has 3 rings (SSSR count). The van der Waals surface area contributed by atoms with Crippen LogP contribution in [0.5, 0.6) is 0 Å². The molecule has 0 N–H and O–H groups in total. The lowest BCUT2D eigenvalue weighted by atomic mass is 9.71. The maximum Gasteiger partial charge on any atom is 0.460 e. The molecule has 0 unspecified atom stereocenters. The zero-order chi connectivity index (χ0) is 29.6. The van der Waals surface area contributed by atoms with Gasteiger partial charge in [-0.05, 0) is 0 Å². The first-order chi connectivity index (χ1) is 16.0. The number of hydrogen-bond donors (Lipinski definition) is 0. The van der Waals surface area contributed by atoms with Crippen molar-refractivity contribution in [3.63, 3.8) is 0 Å². The summed E-state index contributed by atoms with van der Waals surface area (Å²) in [6.45, 7) is 0. The second kappa shape index (κ2) is 7.92. The van der Waals surface area contributed by atoms with Gasteiger partial charge in [-0.3, -0.25) is 0 Å². The predicted molar refractivity (Wildman–Crippen MR) is 79.0 cm³/mol. The van der Waals surface area contributed by atoms with Gasteiger partial charge in [0.1, 0.15) is 0 Å². The van der Waals surface area contributed by atoms with E-state index < -0.39 is 76.8 Å². The molecule has 20 heteroatoms. The summed E-state index contributed by atoms with van der Waals surface area (Å²) in [5.41, 5.74) is -5.86. The van der Waals surface area contributed by atoms with E-state index in [0.717, 1.165) is 0 Å². The zero-order valence-corrected chi connectivity index (χ0v) is 16.5. The Kier molecular flexibility index (Phi) is 6.64. The summed E-state index contributed by atoms with van der Waals surface area (Å²) >= 11 is 0. The normalized spacial score (nSPS) is 22.8. The van der Waals surface area contributed by atoms with Crippen molar-refractivity contribution in [1.29, 1.82) is 0 Å². The summed E-state index contributed by atoms with van der Waals surface area (Å²) in [6.07, 6.45) is -12.7. The SMILES string of the molecule is FC(F)(F)C1=C(C(F)(F)C(F)(F)C(F)(F)C(F)(F)C(F)(F)C(F)(F)C(F)(F)C(F)(F)F)C2C=CC1C=C2. The summed E-state index contributed by atoms with van der Waals surface area (Å²) in [7, 11) is 0. The number of halogens is 20. The second-order valence-corrected chi connectivity index (χ2v) is 7.66. The monoisotopic (exact) mass is 590 g/mol. The molecule has 0 aromatic rings. The third kappa shape index (κ3) is 3.81. The predicted octanol–water partition coefficient (Wildman–Crippen LogP) is 8.23. The molecule has 0 aromatic carbocycles. The fourth-order valence-corrected chi connectivity index (χ4v) is 3.40. The Morgan fingerprint density at radius 1 is 0.351 bits per heavy atom. The standard InChI is InChI=1S/C17H6F20/c18-9(19,7-5-1-3-6(4-2-5)8(7)10(20,21)22)11(23,24)12(25,26)13(27,28)14(29,30)15(31,32)16(33,34)17(35,36)37/h1-6H. The van der Waals surface area contributed by atoms with E-state index >= 15 is 0 Å². The van der Waals surface area contributed by atoms with Crippen LogP contribution in [0.1, 0.15) is 0 Å². The average molecular weight is 590 g/mol. The molecular formula is C17H6F20. The second-order valence-electron chi connectivity index (χ2n) is 7.66. The Hall–Kier alpha value is -2.18. The first-order valence-corrected chi connectivity index (χ1v) is 8.86. The van der Waals surface area contributed by atoms with Gasteiger partial charge in [0.2, 0.25) is 0 Å². The highest BCUT2D eigenvalue weighted by Gasteiger charge is 2.95. The summed E-state index contributed by atoms with van der Waals surface area (Å²) in [5.74, 6) is -64.0. The Morgan fingerprint density at radius 2 is 0.622 bits per heavy atom. The van der Waals surface area contributed by atoms with Gasteiger partial charge in [-0.2, -0.15) is 87.8 Å². The highest BCUT2D eigenvalue weighted by Crippen LogP contribution is 2.65. The van der Waals surface area contributed by atoms with Crippen molar-refractivity contribution in [2.24, 2.45) is 11.8 Å². The largest absolute Gasteiger partial charge is 0.460 e. The van der Waals surface area contributed by atoms with Crippen LogP contribution in [-0.2, 0) is 0 Å². The molecule has 0 nitrogen and oxygen atoms in total. The Bertz CT molecular complexity index is 987. The Morgan fingerprint density at radius 3 is 0.919 bits per heavy atom. The Balaban J connectivity index is 2.76. The molecule has 0 aliphatic heterocycles. The summed E-state index contributed by atoms with van der Waals surface area (Å²) in [6, 6.07) is 0. The first-order valence-electron chi connectivity index (χ1n) is 8.86. The zero-order valence-electron chi connectivity index (χ0n) is 16.5. The Labute approximate surface area is 190 Å². The summed E-state index contributed by atoms with van der Waals surface area (Å²) in [5, 5.41) is 0. The van der Waals surface area contributed by atoms with Gasteiger partial charge in [0.05, 0.1) is 0 Å². The van der Waals surface area contributed by atoms with Crippen molar-refractivity contribution < 1.29 is 87.8 Å². The van der Waals surface area contributed by atoms with Crippen molar-refractivity contribution in [1.82, 2.24) is 0 Å². The third-order valence-electron chi connectivity index (χ3n) is 5.37. The molecule has 3 aliphatic carbocycles. The van der Waals surface area contributed by atoms with Crippen LogP contribution in [0.4, 0.5) is 87.8 Å². The quantitative estimate of drug-likeness (QED) is 0.207. The lowest BCUT2D eigenvalue weighted by Gasteiger charge is -2.44. The number of hydrogen-bond acceptors (Lipinski definition) is 0. The number of alkyl halides is 20. The molecule has 0 atom stereocenters. The van der Waals surface area contributed by atoms with Gasteiger partial charge in [0, 0.05) is 23.0 Å². The van der Waals surface area contributed by atoms with Crippen molar-refractivity contribution in [3.05, 3.63) is 35.5 Å². The molecule has 0 aromatic heterocycles. The minimum Gasteiger partial charge on any atom is -0.194 e. The topological polar surface area (TPSA) is 0 Å². The molecule has 0 fully saturated rings. The van der Waals surface area contributed by atoms with Crippen molar-refractivity contribution >= 4 is 0 Å². The molecule has 0 heterocycles. The van der Waals surface area contributed by atoms with Gasteiger partial charge < -0.3 is 0 Å². The maximum atomic E-state index is 14.5. The number of rotatable bonds is 7. The van der Waals surface area contributed by atoms with Crippen LogP contribution in [0.3, 0.4) is 0 Å². The average Bonchev–Trinajstić information content (AvgIpc) is 2.71. The van der Waals surface area contributed by atoms with Gasteiger partial charge in [0.15, 0.2) is 0 Å². The van der Waals surface area contributed by atoms with Crippen molar-refractivity contribution in [2.45, 2.75) is 53.8 Å². The van der Waals surface area contributed by atoms with Gasteiger partial charge in [-0.15, -0.1) is 0 Å². The molecule has 2 bridgehead atoms. The molecule has 0 saturated carbocycles. The maximum absolute atomic E-state index is 14.5. The van der Waals surface area contributed by atoms with E-state index in [2.05, 4.69) is 0 Å². The van der Waals surface area contributed by atoms with E-state index in [1.165, 1.54) is 0 Å². The highest BCUT2D eigenvalue weighted by atomic mass is 19.4. The summed E-state index contributed by atoms with van der Waals surface area (Å²) < 4.78 is 268. The lowest BCUT2D eigenvalue weighted by Crippen LogP contribution is -2.74. The third-order valence-corrected chi connectivity index (χ3v) is 5.37. The van der Waals surface area contributed by atoms with Crippen LogP contribution < -0.4 is 0 Å². The van der Waals surface area contributed by atoms with E-state index in [4.69, 9.17) is 0 Å². The first kappa shape index (κ1) is 31.0. The smallest absolute Gasteiger partial charge is 0.194 e. The van der Waals surface area contributed by atoms with E-state index in [1.807, 2.05) is 0 Å². The van der Waals surface area contributed by atoms with E-state index in [9.17, 15) is 87.8 Å². The van der Waals surface area contributed by atoms with E-state index in [1.54, 1.807) is 0 Å². The molecular weight excluding hydrogens is 584 g/mol. The minimum atomic E-state index is -8.86. The fourth-order valence-electron chi connectivity index (χ4n) is 3.40. The van der Waals surface area contributed by atoms with Crippen LogP contribution in [-0.4, -0.2) is 53.8 Å². The summed E-state index contributed by atoms with van der Waals surface area (Å²) in [4.78, 5) is 0. The van der Waals surface area contributed by atoms with Crippen molar-refractivity contribution in [2.75, 3.05) is 0 Å². The fraction of sp³-hybridized carbons (Fsp3) is 0.647. The minimum absolute atomic E-state index is 0.238. The molecule has 0 saturated heterocycles. The molecule has 3 aliphatic rings. The number of allylic oxidation sites excluding steroid dienone is 6. The molecule has 0 spiro atoms. The van der Waals surface area contributed by atoms with Gasteiger partial charge in [-0.1, -0.05) is 24.3 Å². The molecule has 214 valence electrons. The van der Waals surface area contributed by atoms with Gasteiger partial charge in [-0.25, -0.2) is 0 Å². The van der Waals surface area contributed by atoms with Gasteiger partial charge in [0.25, 0.3) is 0 Å².